The molecule has 2 aromatic heterocycles. The molecule has 128 valence electrons. The summed E-state index contributed by atoms with van der Waals surface area (Å²) in [6.07, 6.45) is 0.455. The van der Waals surface area contributed by atoms with Gasteiger partial charge in [0.25, 0.3) is 0 Å². The summed E-state index contributed by atoms with van der Waals surface area (Å²) in [6, 6.07) is 4.82. The van der Waals surface area contributed by atoms with E-state index in [-0.39, 0.29) is 11.2 Å². The lowest BCUT2D eigenvalue weighted by atomic mass is 9.97. The van der Waals surface area contributed by atoms with Gasteiger partial charge in [-0.1, -0.05) is 0 Å². The minimum absolute atomic E-state index is 0.210. The Bertz CT molecular complexity index is 1220. The monoisotopic (exact) mass is 341 g/mol. The zero-order valence-corrected chi connectivity index (χ0v) is 13.7. The molecule has 4 aromatic rings. The van der Waals surface area contributed by atoms with Gasteiger partial charge in [-0.05, 0) is 36.7 Å². The molecule has 0 bridgehead atoms. The number of hydrogen-bond donors (Lipinski definition) is 1. The van der Waals surface area contributed by atoms with Crippen LogP contribution in [0.3, 0.4) is 0 Å². The van der Waals surface area contributed by atoms with Crippen LogP contribution in [0.15, 0.2) is 36.6 Å². The highest BCUT2D eigenvalue weighted by atomic mass is 16.5. The Balaban J connectivity index is 2.40. The van der Waals surface area contributed by atoms with E-state index in [1.54, 1.807) is 18.2 Å². The van der Waals surface area contributed by atoms with Gasteiger partial charge >= 0.3 is 11.3 Å². The third kappa shape index (κ3) is 2.02. The summed E-state index contributed by atoms with van der Waals surface area (Å²) in [7, 11) is 2.94. The molecular formula is C18H15NO6. The standard InChI is InChI=1S/C18H15NO6/c1-22-10-4-3-9-13-14-12(18(21)25-15(10)13)8(5-6-19)7-11(23-2)16(14)24-17(9)20/h3-4,7H,5-6,19H2,1-2H3. The van der Waals surface area contributed by atoms with Gasteiger partial charge in [-0.15, -0.1) is 0 Å². The normalized spacial score (nSPS) is 11.6. The van der Waals surface area contributed by atoms with Crippen molar-refractivity contribution in [1.29, 1.82) is 0 Å². The third-order valence-corrected chi connectivity index (χ3v) is 4.37. The Morgan fingerprint density at radius 2 is 1.60 bits per heavy atom. The molecule has 0 atom stereocenters. The zero-order chi connectivity index (χ0) is 17.7. The van der Waals surface area contributed by atoms with E-state index in [1.807, 2.05) is 0 Å². The maximum Gasteiger partial charge on any atom is 0.344 e. The minimum Gasteiger partial charge on any atom is -0.493 e. The maximum atomic E-state index is 12.7. The highest BCUT2D eigenvalue weighted by Gasteiger charge is 2.24. The molecule has 4 rings (SSSR count). The lowest BCUT2D eigenvalue weighted by Gasteiger charge is -2.14. The largest absolute Gasteiger partial charge is 0.493 e. The van der Waals surface area contributed by atoms with Gasteiger partial charge < -0.3 is 24.0 Å². The molecule has 0 fully saturated rings. The van der Waals surface area contributed by atoms with E-state index in [1.165, 1.54) is 14.2 Å². The number of methoxy groups -OCH3 is 2. The quantitative estimate of drug-likeness (QED) is 0.447. The van der Waals surface area contributed by atoms with Gasteiger partial charge in [0.2, 0.25) is 0 Å². The van der Waals surface area contributed by atoms with Gasteiger partial charge in [-0.25, -0.2) is 9.59 Å². The topological polar surface area (TPSA) is 105 Å². The number of nitrogens with two attached hydrogens (primary N) is 1. The molecule has 0 aliphatic carbocycles. The second-order valence-corrected chi connectivity index (χ2v) is 5.65. The predicted octanol–water partition coefficient (Wildman–Crippen LogP) is 2.01. The van der Waals surface area contributed by atoms with Crippen LogP contribution in [0.5, 0.6) is 11.5 Å². The zero-order valence-electron chi connectivity index (χ0n) is 13.7. The molecule has 0 saturated heterocycles. The van der Waals surface area contributed by atoms with Crippen molar-refractivity contribution in [2.24, 2.45) is 5.73 Å². The Labute approximate surface area is 140 Å². The Hall–Kier alpha value is -3.06. The van der Waals surface area contributed by atoms with Crippen LogP contribution in [0, 0.1) is 0 Å². The van der Waals surface area contributed by atoms with Crippen LogP contribution in [0.1, 0.15) is 5.56 Å². The molecule has 7 heteroatoms. The fourth-order valence-corrected chi connectivity index (χ4v) is 3.31. The summed E-state index contributed by atoms with van der Waals surface area (Å²) in [6.45, 7) is 0.347. The smallest absolute Gasteiger partial charge is 0.344 e. The fraction of sp³-hybridized carbons (Fsp3) is 0.222. The molecule has 2 N–H and O–H groups in total. The molecule has 2 heterocycles. The number of ether oxygens (including phenoxy) is 2. The van der Waals surface area contributed by atoms with Crippen molar-refractivity contribution in [1.82, 2.24) is 0 Å². The van der Waals surface area contributed by atoms with Crippen LogP contribution in [-0.2, 0) is 6.42 Å². The number of hydrogen-bond acceptors (Lipinski definition) is 7. The average Bonchev–Trinajstić information content (AvgIpc) is 2.61. The van der Waals surface area contributed by atoms with Crippen molar-refractivity contribution in [2.75, 3.05) is 20.8 Å². The molecule has 0 aliphatic heterocycles. The predicted molar refractivity (Wildman–Crippen MR) is 93.1 cm³/mol. The van der Waals surface area contributed by atoms with Gasteiger partial charge in [0.1, 0.15) is 0 Å². The second kappa shape index (κ2) is 5.49. The summed E-state index contributed by atoms with van der Waals surface area (Å²) in [5.41, 5.74) is 5.70. The molecule has 2 aromatic carbocycles. The molecule has 0 amide bonds. The molecule has 0 aliphatic rings. The van der Waals surface area contributed by atoms with Crippen molar-refractivity contribution in [2.45, 2.75) is 6.42 Å². The first-order valence-corrected chi connectivity index (χ1v) is 7.70. The molecule has 0 radical (unpaired) electrons. The molecular weight excluding hydrogens is 326 g/mol. The SMILES string of the molecule is COc1ccc2c(=O)oc3c(OC)cc(CCN)c4c(=O)oc1c2c34. The lowest BCUT2D eigenvalue weighted by molar-refractivity contribution is 0.405. The summed E-state index contributed by atoms with van der Waals surface area (Å²) in [4.78, 5) is 25.1. The van der Waals surface area contributed by atoms with E-state index in [0.29, 0.717) is 51.6 Å². The Kier molecular flexibility index (Phi) is 3.40. The highest BCUT2D eigenvalue weighted by Crippen LogP contribution is 2.40. The van der Waals surface area contributed by atoms with Gasteiger partial charge in [0.05, 0.1) is 25.0 Å². The maximum absolute atomic E-state index is 12.7. The van der Waals surface area contributed by atoms with Crippen LogP contribution in [0.2, 0.25) is 0 Å². The van der Waals surface area contributed by atoms with E-state index < -0.39 is 11.3 Å². The van der Waals surface area contributed by atoms with E-state index in [9.17, 15) is 9.59 Å². The first kappa shape index (κ1) is 15.5. The van der Waals surface area contributed by atoms with Crippen LogP contribution in [0.4, 0.5) is 0 Å². The molecule has 7 nitrogen and oxygen atoms in total. The first-order chi connectivity index (χ1) is 12.1. The summed E-state index contributed by atoms with van der Waals surface area (Å²) < 4.78 is 21.6. The molecule has 0 spiro atoms. The van der Waals surface area contributed by atoms with E-state index in [4.69, 9.17) is 24.0 Å². The summed E-state index contributed by atoms with van der Waals surface area (Å²) >= 11 is 0. The van der Waals surface area contributed by atoms with Crippen molar-refractivity contribution < 1.29 is 18.3 Å². The van der Waals surface area contributed by atoms with E-state index in [2.05, 4.69) is 0 Å². The lowest BCUT2D eigenvalue weighted by Crippen LogP contribution is -2.12. The summed E-state index contributed by atoms with van der Waals surface area (Å²) in [5, 5.41) is 1.62. The average molecular weight is 341 g/mol. The van der Waals surface area contributed by atoms with Gasteiger partial charge in [0, 0.05) is 10.8 Å². The van der Waals surface area contributed by atoms with Gasteiger partial charge in [-0.3, -0.25) is 0 Å². The van der Waals surface area contributed by atoms with E-state index in [0.717, 1.165) is 0 Å². The number of rotatable bonds is 4. The van der Waals surface area contributed by atoms with Crippen molar-refractivity contribution in [3.8, 4) is 11.5 Å². The van der Waals surface area contributed by atoms with E-state index >= 15 is 0 Å². The molecule has 0 unspecified atom stereocenters. The van der Waals surface area contributed by atoms with Gasteiger partial charge in [0.15, 0.2) is 22.7 Å². The molecule has 25 heavy (non-hydrogen) atoms. The highest BCUT2D eigenvalue weighted by molar-refractivity contribution is 6.21. The van der Waals surface area contributed by atoms with Gasteiger partial charge in [-0.2, -0.15) is 0 Å². The third-order valence-electron chi connectivity index (χ3n) is 4.37. The number of benzene rings is 2. The minimum atomic E-state index is -0.542. The van der Waals surface area contributed by atoms with Crippen molar-refractivity contribution in [3.63, 3.8) is 0 Å². The van der Waals surface area contributed by atoms with Crippen LogP contribution >= 0.6 is 0 Å². The van der Waals surface area contributed by atoms with Crippen LogP contribution < -0.4 is 26.5 Å². The fourth-order valence-electron chi connectivity index (χ4n) is 3.31. The van der Waals surface area contributed by atoms with Crippen LogP contribution in [0.25, 0.3) is 32.7 Å². The molecule has 0 saturated carbocycles. The second-order valence-electron chi connectivity index (χ2n) is 5.65. The van der Waals surface area contributed by atoms with Crippen molar-refractivity contribution >= 4 is 32.7 Å². The Morgan fingerprint density at radius 1 is 0.920 bits per heavy atom. The van der Waals surface area contributed by atoms with Crippen LogP contribution in [-0.4, -0.2) is 20.8 Å². The van der Waals surface area contributed by atoms with Crippen molar-refractivity contribution in [3.05, 3.63) is 44.6 Å². The first-order valence-electron chi connectivity index (χ1n) is 7.70. The summed E-state index contributed by atoms with van der Waals surface area (Å²) in [5.74, 6) is 0.728. The Morgan fingerprint density at radius 3 is 2.28 bits per heavy atom.